The molecule has 0 unspecified atom stereocenters. The van der Waals surface area contributed by atoms with Crippen LogP contribution in [0.1, 0.15) is 33.4 Å². The quantitative estimate of drug-likeness (QED) is 0.404. The first-order chi connectivity index (χ1) is 16.7. The van der Waals surface area contributed by atoms with Crippen molar-refractivity contribution in [3.05, 3.63) is 20.8 Å². The molecule has 1 aliphatic rings. The number of imidazole rings is 1. The normalized spacial score (nSPS) is 20.5. The van der Waals surface area contributed by atoms with Crippen LogP contribution in [0.3, 0.4) is 0 Å². The van der Waals surface area contributed by atoms with Gasteiger partial charge in [-0.1, -0.05) is 5.92 Å². The Morgan fingerprint density at radius 3 is 2.47 bits per heavy atom. The van der Waals surface area contributed by atoms with Gasteiger partial charge in [-0.15, -0.1) is 6.42 Å². The van der Waals surface area contributed by atoms with Crippen LogP contribution < -0.4 is 16.6 Å². The number of esters is 2. The molecule has 0 saturated carbocycles. The molecule has 16 heteroatoms. The maximum atomic E-state index is 13.7. The Balaban J connectivity index is 2.23. The summed E-state index contributed by atoms with van der Waals surface area (Å²) in [5, 5.41) is 2.23. The van der Waals surface area contributed by atoms with E-state index < -0.39 is 78.4 Å². The Morgan fingerprint density at radius 1 is 1.28 bits per heavy atom. The average molecular weight is 515 g/mol. The lowest BCUT2D eigenvalue weighted by Gasteiger charge is -2.25. The Morgan fingerprint density at radius 2 is 1.94 bits per heavy atom. The maximum absolute atomic E-state index is 13.7. The molecule has 0 spiro atoms. The highest BCUT2D eigenvalue weighted by atomic mass is 19.4. The Bertz CT molecular complexity index is 1370. The molecule has 36 heavy (non-hydrogen) atoms. The number of aromatic nitrogens is 4. The highest BCUT2D eigenvalue weighted by molar-refractivity contribution is 5.87. The number of nitrogens with zero attached hydrogens (tertiary/aromatic N) is 3. The highest BCUT2D eigenvalue weighted by Gasteiger charge is 2.54. The molecule has 0 radical (unpaired) electrons. The summed E-state index contributed by atoms with van der Waals surface area (Å²) in [6, 6.07) is 0. The topological polar surface area (TPSA) is 164 Å². The lowest BCUT2D eigenvalue weighted by molar-refractivity contribution is -0.248. The molecule has 2 N–H and O–H groups in total. The molecular formula is C20H20F3N5O8. The molecule has 1 amide bonds. The SMILES string of the molecule is C#CCn1c(=O)n([C@@H]2O[C@H]([C@H](OC(C)=O)C(F)(F)F)C[C@H]2OC(C)=O)c2nc(NC(C)=O)[nH]c(=O)c21. The van der Waals surface area contributed by atoms with E-state index in [1.54, 1.807) is 0 Å². The fraction of sp³-hybridized carbons (Fsp3) is 0.500. The van der Waals surface area contributed by atoms with Crippen molar-refractivity contribution in [1.29, 1.82) is 0 Å². The van der Waals surface area contributed by atoms with E-state index in [4.69, 9.17) is 15.9 Å². The zero-order valence-electron chi connectivity index (χ0n) is 19.0. The van der Waals surface area contributed by atoms with Gasteiger partial charge in [0.2, 0.25) is 18.0 Å². The smallest absolute Gasteiger partial charge is 0.428 e. The van der Waals surface area contributed by atoms with Gasteiger partial charge in [-0.25, -0.2) is 9.36 Å². The minimum Gasteiger partial charge on any atom is -0.458 e. The van der Waals surface area contributed by atoms with Gasteiger partial charge in [0.05, 0.1) is 6.54 Å². The van der Waals surface area contributed by atoms with Crippen LogP contribution in [0.4, 0.5) is 19.1 Å². The lowest BCUT2D eigenvalue weighted by atomic mass is 10.1. The number of ether oxygens (including phenoxy) is 3. The summed E-state index contributed by atoms with van der Waals surface area (Å²) < 4.78 is 57.5. The third-order valence-electron chi connectivity index (χ3n) is 4.98. The van der Waals surface area contributed by atoms with E-state index in [2.05, 4.69) is 25.9 Å². The maximum Gasteiger partial charge on any atom is 0.428 e. The van der Waals surface area contributed by atoms with Crippen molar-refractivity contribution in [1.82, 2.24) is 19.1 Å². The Hall–Kier alpha value is -4.13. The van der Waals surface area contributed by atoms with Crippen molar-refractivity contribution in [2.75, 3.05) is 5.32 Å². The van der Waals surface area contributed by atoms with Gasteiger partial charge in [0.1, 0.15) is 12.2 Å². The largest absolute Gasteiger partial charge is 0.458 e. The van der Waals surface area contributed by atoms with Crippen molar-refractivity contribution in [2.24, 2.45) is 0 Å². The van der Waals surface area contributed by atoms with Gasteiger partial charge in [-0.2, -0.15) is 18.2 Å². The molecule has 3 heterocycles. The number of fused-ring (bicyclic) bond motifs is 1. The zero-order valence-corrected chi connectivity index (χ0v) is 19.0. The van der Waals surface area contributed by atoms with E-state index in [0.717, 1.165) is 25.3 Å². The standard InChI is InChI=1S/C20H20F3N5O8/c1-5-6-27-13-15(25-18(24-8(2)29)26-16(13)32)28(19(27)33)17-12(34-9(3)30)7-11(36-17)14(20(21,22)23)35-10(4)31/h1,11-12,14,17H,6-7H2,2-4H3,(H2,24,25,26,29,32)/t11-,12+,14-,17+/m0/s1. The lowest BCUT2D eigenvalue weighted by Crippen LogP contribution is -2.43. The number of rotatable bonds is 6. The first-order valence-electron chi connectivity index (χ1n) is 10.3. The number of anilines is 1. The number of amides is 1. The summed E-state index contributed by atoms with van der Waals surface area (Å²) in [5.74, 6) is -0.982. The molecule has 1 fully saturated rings. The summed E-state index contributed by atoms with van der Waals surface area (Å²) in [6.45, 7) is 2.44. The minimum atomic E-state index is -5.07. The summed E-state index contributed by atoms with van der Waals surface area (Å²) in [5.41, 5.74) is -2.70. The van der Waals surface area contributed by atoms with Crippen LogP contribution in [0.5, 0.6) is 0 Å². The van der Waals surface area contributed by atoms with E-state index in [0.29, 0.717) is 4.57 Å². The Labute approximate surface area is 199 Å². The van der Waals surface area contributed by atoms with Crippen LogP contribution in [0, 0.1) is 12.3 Å². The zero-order chi connectivity index (χ0) is 26.9. The number of H-pyrrole nitrogens is 1. The third-order valence-corrected chi connectivity index (χ3v) is 4.98. The second kappa shape index (κ2) is 9.85. The molecule has 0 aromatic carbocycles. The van der Waals surface area contributed by atoms with Crippen molar-refractivity contribution in [3.8, 4) is 12.3 Å². The van der Waals surface area contributed by atoms with E-state index in [9.17, 15) is 37.1 Å². The number of terminal acetylenes is 1. The first kappa shape index (κ1) is 26.5. The second-order valence-corrected chi connectivity index (χ2v) is 7.73. The van der Waals surface area contributed by atoms with Gasteiger partial charge in [0, 0.05) is 27.2 Å². The van der Waals surface area contributed by atoms with E-state index in [1.165, 1.54) is 0 Å². The number of aromatic amines is 1. The minimum absolute atomic E-state index is 0.368. The van der Waals surface area contributed by atoms with Gasteiger partial charge in [0.25, 0.3) is 5.56 Å². The summed E-state index contributed by atoms with van der Waals surface area (Å²) in [7, 11) is 0. The highest BCUT2D eigenvalue weighted by Crippen LogP contribution is 2.39. The Kier molecular flexibility index (Phi) is 7.25. The number of hydrogen-bond donors (Lipinski definition) is 2. The van der Waals surface area contributed by atoms with Crippen molar-refractivity contribution >= 4 is 35.0 Å². The number of hydrogen-bond acceptors (Lipinski definition) is 9. The number of halogens is 3. The molecule has 0 bridgehead atoms. The predicted octanol–water partition coefficient (Wildman–Crippen LogP) is 0.191. The summed E-state index contributed by atoms with van der Waals surface area (Å²) in [4.78, 5) is 66.7. The molecule has 1 saturated heterocycles. The molecule has 2 aromatic rings. The molecule has 13 nitrogen and oxygen atoms in total. The van der Waals surface area contributed by atoms with Crippen molar-refractivity contribution < 1.29 is 41.8 Å². The molecule has 3 rings (SSSR count). The van der Waals surface area contributed by atoms with E-state index in [-0.39, 0.29) is 11.5 Å². The summed E-state index contributed by atoms with van der Waals surface area (Å²) >= 11 is 0. The molecule has 4 atom stereocenters. The van der Waals surface area contributed by atoms with Crippen molar-refractivity contribution in [2.45, 2.75) is 64.5 Å². The fourth-order valence-electron chi connectivity index (χ4n) is 3.82. The monoisotopic (exact) mass is 515 g/mol. The number of nitrogens with one attached hydrogen (secondary N) is 2. The van der Waals surface area contributed by atoms with Crippen LogP contribution in [0.2, 0.25) is 0 Å². The van der Waals surface area contributed by atoms with Crippen molar-refractivity contribution in [3.63, 3.8) is 0 Å². The second-order valence-electron chi connectivity index (χ2n) is 7.73. The van der Waals surface area contributed by atoms with Crippen LogP contribution in [0.15, 0.2) is 9.59 Å². The van der Waals surface area contributed by atoms with Crippen LogP contribution >= 0.6 is 0 Å². The first-order valence-corrected chi connectivity index (χ1v) is 10.3. The molecule has 1 aliphatic heterocycles. The predicted molar refractivity (Wildman–Crippen MR) is 113 cm³/mol. The van der Waals surface area contributed by atoms with Gasteiger partial charge in [0.15, 0.2) is 17.4 Å². The molecule has 0 aliphatic carbocycles. The van der Waals surface area contributed by atoms with Crippen LogP contribution in [-0.2, 0) is 35.1 Å². The van der Waals surface area contributed by atoms with E-state index >= 15 is 0 Å². The third kappa shape index (κ3) is 5.25. The van der Waals surface area contributed by atoms with Crippen LogP contribution in [-0.4, -0.2) is 61.4 Å². The van der Waals surface area contributed by atoms with Gasteiger partial charge in [-0.05, 0) is 0 Å². The van der Waals surface area contributed by atoms with Gasteiger partial charge < -0.3 is 14.2 Å². The van der Waals surface area contributed by atoms with Gasteiger partial charge in [-0.3, -0.25) is 34.0 Å². The molecule has 2 aromatic heterocycles. The number of alkyl halides is 3. The number of carbonyl (C=O) groups excluding carboxylic acids is 3. The van der Waals surface area contributed by atoms with E-state index in [1.807, 2.05) is 0 Å². The average Bonchev–Trinajstić information content (AvgIpc) is 3.23. The molecular weight excluding hydrogens is 495 g/mol. The fourth-order valence-corrected chi connectivity index (χ4v) is 3.82. The summed E-state index contributed by atoms with van der Waals surface area (Å²) in [6.07, 6.45) is -8.25. The van der Waals surface area contributed by atoms with Gasteiger partial charge >= 0.3 is 23.8 Å². The number of carbonyl (C=O) groups is 3. The molecule has 194 valence electrons. The van der Waals surface area contributed by atoms with Crippen LogP contribution in [0.25, 0.3) is 11.2 Å².